The molecule has 0 saturated carbocycles. The summed E-state index contributed by atoms with van der Waals surface area (Å²) in [5.74, 6) is -0.904. The van der Waals surface area contributed by atoms with Crippen molar-refractivity contribution in [3.8, 4) is 11.3 Å². The maximum atomic E-state index is 14.5. The summed E-state index contributed by atoms with van der Waals surface area (Å²) >= 11 is 0. The Morgan fingerprint density at radius 3 is 2.73 bits per heavy atom. The molecule has 2 aromatic carbocycles. The number of aryl methyl sites for hydroxylation is 1. The molecule has 0 bridgehead atoms. The number of benzene rings is 2. The minimum Gasteiger partial charge on any atom is -0.395 e. The maximum absolute atomic E-state index is 14.5. The lowest BCUT2D eigenvalue weighted by Gasteiger charge is -2.31. The Morgan fingerprint density at radius 2 is 2.00 bits per heavy atom. The van der Waals surface area contributed by atoms with Gasteiger partial charge in [0.15, 0.2) is 5.82 Å². The molecule has 0 atom stereocenters. The van der Waals surface area contributed by atoms with E-state index in [1.807, 2.05) is 0 Å². The van der Waals surface area contributed by atoms with Crippen LogP contribution in [0.4, 0.5) is 26.2 Å². The van der Waals surface area contributed by atoms with Gasteiger partial charge in [-0.3, -0.25) is 4.79 Å². The molecule has 7 nitrogen and oxygen atoms in total. The molecule has 0 unspecified atom stereocenters. The maximum Gasteiger partial charge on any atom is 0.258 e. The second-order valence-electron chi connectivity index (χ2n) is 6.75. The highest BCUT2D eigenvalue weighted by Crippen LogP contribution is 2.37. The number of hydrogen-bond donors (Lipinski definition) is 3. The number of carbonyl (C=O) groups is 1. The summed E-state index contributed by atoms with van der Waals surface area (Å²) in [5.41, 5.74) is 1.82. The van der Waals surface area contributed by atoms with Gasteiger partial charge in [-0.05, 0) is 42.8 Å². The molecule has 3 N–H and O–H groups in total. The van der Waals surface area contributed by atoms with Gasteiger partial charge in [0.05, 0.1) is 24.7 Å². The van der Waals surface area contributed by atoms with Crippen LogP contribution in [0.3, 0.4) is 0 Å². The van der Waals surface area contributed by atoms with E-state index in [1.54, 1.807) is 36.1 Å². The predicted molar refractivity (Wildman–Crippen MR) is 109 cm³/mol. The molecule has 30 heavy (non-hydrogen) atoms. The number of amides is 1. The summed E-state index contributed by atoms with van der Waals surface area (Å²) in [5, 5.41) is 14.8. The average molecular weight is 411 g/mol. The summed E-state index contributed by atoms with van der Waals surface area (Å²) in [7, 11) is 0. The largest absolute Gasteiger partial charge is 0.395 e. The van der Waals surface area contributed by atoms with Crippen LogP contribution in [0.5, 0.6) is 0 Å². The Bertz CT molecular complexity index is 1120. The molecule has 1 aliphatic rings. The molecule has 9 heteroatoms. The molecule has 0 saturated heterocycles. The van der Waals surface area contributed by atoms with E-state index in [-0.39, 0.29) is 48.5 Å². The van der Waals surface area contributed by atoms with Crippen molar-refractivity contribution in [2.24, 2.45) is 0 Å². The van der Waals surface area contributed by atoms with Crippen LogP contribution in [0.15, 0.2) is 42.5 Å². The highest BCUT2D eigenvalue weighted by molar-refractivity contribution is 6.07. The third-order valence-corrected chi connectivity index (χ3v) is 4.75. The van der Waals surface area contributed by atoms with Gasteiger partial charge in [0.25, 0.3) is 5.91 Å². The molecule has 1 amide bonds. The molecule has 0 spiro atoms. The summed E-state index contributed by atoms with van der Waals surface area (Å²) in [4.78, 5) is 23.2. The molecule has 154 valence electrons. The van der Waals surface area contributed by atoms with Crippen molar-refractivity contribution in [3.63, 3.8) is 0 Å². The molecule has 2 heterocycles. The second kappa shape index (κ2) is 8.03. The number of aromatic nitrogens is 2. The van der Waals surface area contributed by atoms with Crippen LogP contribution in [-0.2, 0) is 0 Å². The number of para-hydroxylation sites is 1. The quantitative estimate of drug-likeness (QED) is 0.598. The Hall–Kier alpha value is -3.59. The summed E-state index contributed by atoms with van der Waals surface area (Å²) < 4.78 is 28.2. The van der Waals surface area contributed by atoms with Crippen LogP contribution in [0, 0.1) is 18.6 Å². The highest BCUT2D eigenvalue weighted by atomic mass is 19.1. The first kappa shape index (κ1) is 19.7. The summed E-state index contributed by atoms with van der Waals surface area (Å²) in [6.45, 7) is 1.77. The van der Waals surface area contributed by atoms with Gasteiger partial charge in [0.1, 0.15) is 17.2 Å². The van der Waals surface area contributed by atoms with Gasteiger partial charge in [0, 0.05) is 12.1 Å². The minimum atomic E-state index is -0.470. The normalized spacial score (nSPS) is 13.1. The number of hydrogen-bond acceptors (Lipinski definition) is 6. The summed E-state index contributed by atoms with van der Waals surface area (Å²) in [6.07, 6.45) is 0. The monoisotopic (exact) mass is 411 g/mol. The van der Waals surface area contributed by atoms with E-state index in [4.69, 9.17) is 5.11 Å². The van der Waals surface area contributed by atoms with E-state index in [0.29, 0.717) is 11.1 Å². The molecule has 0 radical (unpaired) electrons. The van der Waals surface area contributed by atoms with Crippen LogP contribution in [-0.4, -0.2) is 40.8 Å². The zero-order valence-corrected chi connectivity index (χ0v) is 16.1. The minimum absolute atomic E-state index is 0.0189. The fraction of sp³-hybridized carbons (Fsp3) is 0.190. The van der Waals surface area contributed by atoms with Crippen molar-refractivity contribution in [1.82, 2.24) is 15.3 Å². The molecule has 0 fully saturated rings. The van der Waals surface area contributed by atoms with Crippen LogP contribution in [0.25, 0.3) is 11.3 Å². The third-order valence-electron chi connectivity index (χ3n) is 4.75. The number of halogens is 2. The fourth-order valence-corrected chi connectivity index (χ4v) is 3.37. The van der Waals surface area contributed by atoms with Crippen LogP contribution in [0.2, 0.25) is 0 Å². The Kier molecular flexibility index (Phi) is 5.28. The summed E-state index contributed by atoms with van der Waals surface area (Å²) in [6, 6.07) is 10.3. The van der Waals surface area contributed by atoms with Crippen molar-refractivity contribution in [1.29, 1.82) is 0 Å². The molecular weight excluding hydrogens is 392 g/mol. The Labute approximate surface area is 171 Å². The highest BCUT2D eigenvalue weighted by Gasteiger charge is 2.32. The number of carbonyl (C=O) groups excluding carboxylic acids is 1. The Balaban J connectivity index is 1.96. The Morgan fingerprint density at radius 1 is 1.20 bits per heavy atom. The van der Waals surface area contributed by atoms with Crippen molar-refractivity contribution in [2.75, 3.05) is 30.0 Å². The first-order valence-electron chi connectivity index (χ1n) is 9.33. The lowest BCUT2D eigenvalue weighted by Crippen LogP contribution is -2.42. The second-order valence-corrected chi connectivity index (χ2v) is 6.75. The van der Waals surface area contributed by atoms with Gasteiger partial charge in [-0.15, -0.1) is 0 Å². The van der Waals surface area contributed by atoms with Crippen molar-refractivity contribution in [3.05, 3.63) is 65.2 Å². The van der Waals surface area contributed by atoms with Gasteiger partial charge in [0.2, 0.25) is 5.95 Å². The molecule has 1 aromatic heterocycles. The van der Waals surface area contributed by atoms with Gasteiger partial charge in [-0.2, -0.15) is 4.98 Å². The van der Waals surface area contributed by atoms with Crippen molar-refractivity contribution in [2.45, 2.75) is 6.92 Å². The lowest BCUT2D eigenvalue weighted by molar-refractivity contribution is 0.0949. The van der Waals surface area contributed by atoms with Gasteiger partial charge < -0.3 is 20.6 Å². The number of aliphatic hydroxyl groups excluding tert-OH is 1. The fourth-order valence-electron chi connectivity index (χ4n) is 3.37. The van der Waals surface area contributed by atoms with Gasteiger partial charge in [-0.25, -0.2) is 13.8 Å². The third kappa shape index (κ3) is 3.55. The standard InChI is InChI=1S/C21H19F2N5O2/c1-12-10-13(22)6-7-14(12)18-17-19(27-21(26-18)24-8-9-29)28(11-25-20(17)30)16-5-3-2-4-15(16)23/h2-7,10,29H,8-9,11H2,1H3,(H,25,30)(H,24,26,27). The number of nitrogens with zero attached hydrogens (tertiary/aromatic N) is 3. The predicted octanol–water partition coefficient (Wildman–Crippen LogP) is 2.97. The van der Waals surface area contributed by atoms with Gasteiger partial charge >= 0.3 is 0 Å². The smallest absolute Gasteiger partial charge is 0.258 e. The topological polar surface area (TPSA) is 90.4 Å². The number of nitrogens with one attached hydrogen (secondary N) is 2. The SMILES string of the molecule is Cc1cc(F)ccc1-c1nc(NCCO)nc2c1C(=O)NCN2c1ccccc1F. The number of fused-ring (bicyclic) bond motifs is 1. The molecule has 4 rings (SSSR count). The first-order chi connectivity index (χ1) is 14.5. The van der Waals surface area contributed by atoms with E-state index in [1.165, 1.54) is 18.2 Å². The number of aliphatic hydroxyl groups is 1. The van der Waals surface area contributed by atoms with E-state index in [9.17, 15) is 13.6 Å². The van der Waals surface area contributed by atoms with E-state index >= 15 is 0 Å². The van der Waals surface area contributed by atoms with Crippen LogP contribution < -0.4 is 15.5 Å². The molecule has 3 aromatic rings. The molecule has 1 aliphatic heterocycles. The molecule has 0 aliphatic carbocycles. The first-order valence-corrected chi connectivity index (χ1v) is 9.33. The van der Waals surface area contributed by atoms with Crippen molar-refractivity contribution >= 4 is 23.4 Å². The van der Waals surface area contributed by atoms with Crippen molar-refractivity contribution < 1.29 is 18.7 Å². The zero-order chi connectivity index (χ0) is 21.3. The number of rotatable bonds is 5. The van der Waals surface area contributed by atoms with E-state index < -0.39 is 17.5 Å². The van der Waals surface area contributed by atoms with Crippen LogP contribution >= 0.6 is 0 Å². The zero-order valence-electron chi connectivity index (χ0n) is 16.1. The van der Waals surface area contributed by atoms with E-state index in [0.717, 1.165) is 0 Å². The molecular formula is C21H19F2N5O2. The number of anilines is 3. The van der Waals surface area contributed by atoms with E-state index in [2.05, 4.69) is 20.6 Å². The van der Waals surface area contributed by atoms with Crippen LogP contribution in [0.1, 0.15) is 15.9 Å². The lowest BCUT2D eigenvalue weighted by atomic mass is 9.99. The van der Waals surface area contributed by atoms with Gasteiger partial charge in [-0.1, -0.05) is 12.1 Å². The average Bonchev–Trinajstić information content (AvgIpc) is 2.73.